The monoisotopic (exact) mass is 659 g/mol. The molecule has 0 aliphatic heterocycles. The molecule has 0 atom stereocenters. The number of carbonyl (C=O) groups excluding carboxylic acids is 1. The van der Waals surface area contributed by atoms with Crippen LogP contribution in [0.5, 0.6) is 11.5 Å². The highest BCUT2D eigenvalue weighted by Gasteiger charge is 2.11. The summed E-state index contributed by atoms with van der Waals surface area (Å²) in [4.78, 5) is 22.5. The molecule has 0 aliphatic carbocycles. The standard InChI is InChI=1S/C16H7I3O5/c17-8-4-11(18)14(12(19)5-8)23-9-2-1-7-3-10(15(20)21)16(22)24-13(7)6-9/h1-6H,(H,20,21)/p-1. The third-order valence-corrected chi connectivity index (χ3v) is 5.34. The molecule has 0 fully saturated rings. The van der Waals surface area contributed by atoms with Crippen molar-refractivity contribution in [3.05, 3.63) is 63.1 Å². The van der Waals surface area contributed by atoms with E-state index in [1.54, 1.807) is 18.2 Å². The van der Waals surface area contributed by atoms with E-state index in [1.165, 1.54) is 6.07 Å². The number of fused-ring (bicyclic) bond motifs is 1. The Morgan fingerprint density at radius 2 is 1.71 bits per heavy atom. The van der Waals surface area contributed by atoms with Crippen LogP contribution in [0, 0.1) is 10.7 Å². The molecule has 0 unspecified atom stereocenters. The van der Waals surface area contributed by atoms with Gasteiger partial charge in [0, 0.05) is 15.0 Å². The van der Waals surface area contributed by atoms with Gasteiger partial charge in [0.05, 0.1) is 18.7 Å². The predicted octanol–water partition coefficient (Wildman–Crippen LogP) is 3.76. The first-order chi connectivity index (χ1) is 11.3. The van der Waals surface area contributed by atoms with Crippen LogP contribution in [0.4, 0.5) is 0 Å². The van der Waals surface area contributed by atoms with E-state index in [9.17, 15) is 14.7 Å². The van der Waals surface area contributed by atoms with Crippen LogP contribution in [0.3, 0.4) is 0 Å². The molecule has 1 heterocycles. The Labute approximate surface area is 176 Å². The number of hydrogen-bond donors (Lipinski definition) is 0. The number of aromatic carboxylic acids is 1. The Kier molecular flexibility index (Phi) is 5.34. The maximum atomic E-state index is 11.7. The number of carbonyl (C=O) groups is 1. The topological polar surface area (TPSA) is 79.6 Å². The van der Waals surface area contributed by atoms with Gasteiger partial charge in [-0.3, -0.25) is 0 Å². The van der Waals surface area contributed by atoms with Crippen molar-refractivity contribution in [1.82, 2.24) is 0 Å². The minimum Gasteiger partial charge on any atom is -0.545 e. The van der Waals surface area contributed by atoms with Crippen molar-refractivity contribution in [3.63, 3.8) is 0 Å². The fourth-order valence-corrected chi connectivity index (χ4v) is 5.84. The Balaban J connectivity index is 2.05. The van der Waals surface area contributed by atoms with Crippen LogP contribution in [0.1, 0.15) is 10.4 Å². The molecule has 0 spiro atoms. The molecule has 24 heavy (non-hydrogen) atoms. The van der Waals surface area contributed by atoms with Crippen LogP contribution in [-0.2, 0) is 0 Å². The summed E-state index contributed by atoms with van der Waals surface area (Å²) in [6.07, 6.45) is 0. The Morgan fingerprint density at radius 3 is 2.33 bits per heavy atom. The molecule has 5 nitrogen and oxygen atoms in total. The van der Waals surface area contributed by atoms with Crippen molar-refractivity contribution in [2.24, 2.45) is 0 Å². The maximum absolute atomic E-state index is 11.7. The number of hydrogen-bond acceptors (Lipinski definition) is 5. The van der Waals surface area contributed by atoms with Gasteiger partial charge in [-0.1, -0.05) is 0 Å². The summed E-state index contributed by atoms with van der Waals surface area (Å²) in [7, 11) is 0. The molecule has 0 radical (unpaired) electrons. The Morgan fingerprint density at radius 1 is 1.04 bits per heavy atom. The van der Waals surface area contributed by atoms with E-state index in [0.717, 1.165) is 10.7 Å². The molecule has 0 amide bonds. The number of benzene rings is 2. The molecule has 122 valence electrons. The van der Waals surface area contributed by atoms with Crippen molar-refractivity contribution in [1.29, 1.82) is 0 Å². The van der Waals surface area contributed by atoms with E-state index in [1.807, 2.05) is 12.1 Å². The average molecular weight is 659 g/mol. The molecule has 3 aromatic rings. The first-order valence-electron chi connectivity index (χ1n) is 6.47. The number of carboxylic acid groups (broad SMARTS) is 1. The quantitative estimate of drug-likeness (QED) is 0.317. The Bertz CT molecular complexity index is 1000. The molecule has 0 bridgehead atoms. The molecule has 0 N–H and O–H groups in total. The zero-order valence-corrected chi connectivity index (χ0v) is 18.1. The highest BCUT2D eigenvalue weighted by Crippen LogP contribution is 2.34. The van der Waals surface area contributed by atoms with Gasteiger partial charge in [-0.05, 0) is 98.1 Å². The largest absolute Gasteiger partial charge is 0.545 e. The minimum atomic E-state index is -1.56. The summed E-state index contributed by atoms with van der Waals surface area (Å²) >= 11 is 6.62. The lowest BCUT2D eigenvalue weighted by atomic mass is 10.2. The third kappa shape index (κ3) is 3.69. The Hall–Kier alpha value is -0.890. The van der Waals surface area contributed by atoms with E-state index in [2.05, 4.69) is 67.8 Å². The van der Waals surface area contributed by atoms with E-state index < -0.39 is 17.2 Å². The van der Waals surface area contributed by atoms with E-state index in [0.29, 0.717) is 16.9 Å². The van der Waals surface area contributed by atoms with Crippen molar-refractivity contribution >= 4 is 84.7 Å². The summed E-state index contributed by atoms with van der Waals surface area (Å²) in [5.41, 5.74) is -1.20. The smallest absolute Gasteiger partial charge is 0.345 e. The number of halogens is 3. The SMILES string of the molecule is O=C([O-])c1cc2ccc(Oc3c(I)cc(I)cc3I)cc2oc1=O. The van der Waals surface area contributed by atoms with E-state index >= 15 is 0 Å². The summed E-state index contributed by atoms with van der Waals surface area (Å²) in [6.45, 7) is 0. The van der Waals surface area contributed by atoms with Crippen molar-refractivity contribution < 1.29 is 19.1 Å². The molecule has 2 aromatic carbocycles. The van der Waals surface area contributed by atoms with Crippen LogP contribution in [0.25, 0.3) is 11.0 Å². The zero-order valence-electron chi connectivity index (χ0n) is 11.6. The molecular weight excluding hydrogens is 653 g/mol. The van der Waals surface area contributed by atoms with Crippen molar-refractivity contribution in [2.75, 3.05) is 0 Å². The zero-order chi connectivity index (χ0) is 17.4. The van der Waals surface area contributed by atoms with E-state index in [4.69, 9.17) is 9.15 Å². The lowest BCUT2D eigenvalue weighted by Crippen LogP contribution is -2.28. The summed E-state index contributed by atoms with van der Waals surface area (Å²) in [5, 5.41) is 11.4. The van der Waals surface area contributed by atoms with Gasteiger partial charge in [0.2, 0.25) is 0 Å². The number of rotatable bonds is 3. The van der Waals surface area contributed by atoms with Crippen LogP contribution in [0.15, 0.2) is 45.6 Å². The van der Waals surface area contributed by atoms with Crippen LogP contribution < -0.4 is 15.5 Å². The van der Waals surface area contributed by atoms with Crippen LogP contribution >= 0.6 is 67.8 Å². The maximum Gasteiger partial charge on any atom is 0.345 e. The van der Waals surface area contributed by atoms with Gasteiger partial charge in [-0.25, -0.2) is 4.79 Å². The number of ether oxygens (including phenoxy) is 1. The fraction of sp³-hybridized carbons (Fsp3) is 0. The molecule has 0 aliphatic rings. The fourth-order valence-electron chi connectivity index (χ4n) is 2.04. The number of carboxylic acids is 1. The van der Waals surface area contributed by atoms with Crippen LogP contribution in [-0.4, -0.2) is 5.97 Å². The lowest BCUT2D eigenvalue weighted by molar-refractivity contribution is -0.255. The van der Waals surface area contributed by atoms with Gasteiger partial charge in [0.25, 0.3) is 0 Å². The van der Waals surface area contributed by atoms with Gasteiger partial charge in [0.15, 0.2) is 5.75 Å². The van der Waals surface area contributed by atoms with Crippen molar-refractivity contribution in [2.45, 2.75) is 0 Å². The highest BCUT2D eigenvalue weighted by atomic mass is 127. The van der Waals surface area contributed by atoms with Crippen molar-refractivity contribution in [3.8, 4) is 11.5 Å². The second-order valence-electron chi connectivity index (χ2n) is 4.74. The van der Waals surface area contributed by atoms with Gasteiger partial charge >= 0.3 is 5.63 Å². The normalized spacial score (nSPS) is 10.8. The average Bonchev–Trinajstić information content (AvgIpc) is 2.49. The molecule has 8 heteroatoms. The molecule has 3 rings (SSSR count). The highest BCUT2D eigenvalue weighted by molar-refractivity contribution is 14.1. The summed E-state index contributed by atoms with van der Waals surface area (Å²) in [5.74, 6) is -0.359. The molecule has 0 saturated carbocycles. The van der Waals surface area contributed by atoms with Gasteiger partial charge in [0.1, 0.15) is 11.3 Å². The van der Waals surface area contributed by atoms with E-state index in [-0.39, 0.29) is 5.58 Å². The lowest BCUT2D eigenvalue weighted by Gasteiger charge is -2.11. The first-order valence-corrected chi connectivity index (χ1v) is 9.70. The van der Waals surface area contributed by atoms with Gasteiger partial charge < -0.3 is 19.1 Å². The van der Waals surface area contributed by atoms with Gasteiger partial charge in [-0.15, -0.1) is 0 Å². The van der Waals surface area contributed by atoms with Crippen LogP contribution in [0.2, 0.25) is 0 Å². The summed E-state index contributed by atoms with van der Waals surface area (Å²) in [6, 6.07) is 10.1. The minimum absolute atomic E-state index is 0.248. The summed E-state index contributed by atoms with van der Waals surface area (Å²) < 4.78 is 14.0. The van der Waals surface area contributed by atoms with Gasteiger partial charge in [-0.2, -0.15) is 0 Å². The predicted molar refractivity (Wildman–Crippen MR) is 111 cm³/mol. The third-order valence-electron chi connectivity index (χ3n) is 3.11. The second-order valence-corrected chi connectivity index (χ2v) is 8.31. The molecule has 0 saturated heterocycles. The molecule has 1 aromatic heterocycles. The molecular formula is C16H6I3O5-. The second kappa shape index (κ2) is 7.15. The first kappa shape index (κ1) is 17.9.